The minimum absolute atomic E-state index is 0.141. The number of fused-ring (bicyclic) bond motifs is 2. The first-order valence-electron chi connectivity index (χ1n) is 7.55. The first kappa shape index (κ1) is 15.3. The Morgan fingerprint density at radius 1 is 1.24 bits per heavy atom. The maximum Gasteiger partial charge on any atom is 0.274 e. The lowest BCUT2D eigenvalue weighted by molar-refractivity contribution is 0.586. The summed E-state index contributed by atoms with van der Waals surface area (Å²) in [7, 11) is 0. The van der Waals surface area contributed by atoms with Gasteiger partial charge in [0.25, 0.3) is 11.4 Å². The van der Waals surface area contributed by atoms with Crippen LogP contribution in [-0.4, -0.2) is 9.97 Å². The van der Waals surface area contributed by atoms with Crippen molar-refractivity contribution in [3.8, 4) is 12.3 Å². The first-order valence-corrected chi connectivity index (χ1v) is 7.93. The number of hydrogen-bond donors (Lipinski definition) is 2. The van der Waals surface area contributed by atoms with Crippen LogP contribution in [0.2, 0.25) is 5.02 Å². The lowest BCUT2D eigenvalue weighted by atomic mass is 10.1. The van der Waals surface area contributed by atoms with Crippen LogP contribution in [-0.2, 0) is 6.54 Å². The number of nitrogens with zero attached hydrogens (tertiary/aromatic N) is 1. The molecule has 2 heterocycles. The molecule has 0 aliphatic rings. The maximum absolute atomic E-state index is 12.2. The average Bonchev–Trinajstić information content (AvgIpc) is 3.02. The SMILES string of the molecule is C#Cc1nc2ccc(NCc3cc4cc(Cl)ccc4[nH]c3=O)cc2o1. The monoisotopic (exact) mass is 349 g/mol. The lowest BCUT2D eigenvalue weighted by Gasteiger charge is -2.07. The van der Waals surface area contributed by atoms with Gasteiger partial charge in [-0.2, -0.15) is 0 Å². The van der Waals surface area contributed by atoms with Gasteiger partial charge in [-0.15, -0.1) is 6.42 Å². The summed E-state index contributed by atoms with van der Waals surface area (Å²) in [4.78, 5) is 19.2. The predicted molar refractivity (Wildman–Crippen MR) is 98.8 cm³/mol. The minimum atomic E-state index is -0.141. The van der Waals surface area contributed by atoms with Gasteiger partial charge < -0.3 is 14.7 Å². The molecule has 0 fully saturated rings. The van der Waals surface area contributed by atoms with Crippen molar-refractivity contribution < 1.29 is 4.42 Å². The molecular formula is C19H12ClN3O2. The van der Waals surface area contributed by atoms with Crippen molar-refractivity contribution in [1.29, 1.82) is 0 Å². The van der Waals surface area contributed by atoms with E-state index < -0.39 is 0 Å². The van der Waals surface area contributed by atoms with Crippen LogP contribution in [0.4, 0.5) is 5.69 Å². The molecule has 0 saturated carbocycles. The molecule has 0 radical (unpaired) electrons. The standard InChI is InChI=1S/C19H12ClN3O2/c1-2-18-22-16-6-4-14(9-17(16)25-18)21-10-12-7-11-8-13(20)3-5-15(11)23-19(12)24/h1,3-9,21H,10H2,(H,23,24). The maximum atomic E-state index is 12.2. The number of H-pyrrole nitrogens is 1. The number of nitrogens with one attached hydrogen (secondary N) is 2. The summed E-state index contributed by atoms with van der Waals surface area (Å²) in [6.45, 7) is 0.361. The number of aromatic nitrogens is 2. The Labute approximate surface area is 147 Å². The zero-order chi connectivity index (χ0) is 17.4. The normalized spacial score (nSPS) is 10.9. The zero-order valence-electron chi connectivity index (χ0n) is 13.0. The largest absolute Gasteiger partial charge is 0.430 e. The second-order valence-corrected chi connectivity index (χ2v) is 5.99. The highest BCUT2D eigenvalue weighted by atomic mass is 35.5. The van der Waals surface area contributed by atoms with Gasteiger partial charge in [0, 0.05) is 39.8 Å². The zero-order valence-corrected chi connectivity index (χ0v) is 13.7. The van der Waals surface area contributed by atoms with E-state index in [1.165, 1.54) is 0 Å². The van der Waals surface area contributed by atoms with Crippen molar-refractivity contribution in [3.63, 3.8) is 0 Å². The fraction of sp³-hybridized carbons (Fsp3) is 0.0526. The number of benzene rings is 2. The molecule has 2 aromatic heterocycles. The van der Waals surface area contributed by atoms with Crippen LogP contribution in [0.1, 0.15) is 11.5 Å². The Hall–Kier alpha value is -3.23. The Kier molecular flexibility index (Phi) is 3.68. The molecule has 4 aromatic rings. The quantitative estimate of drug-likeness (QED) is 0.550. The van der Waals surface area contributed by atoms with E-state index in [0.717, 1.165) is 16.6 Å². The number of halogens is 1. The molecule has 4 rings (SSSR count). The third-order valence-electron chi connectivity index (χ3n) is 3.88. The second kappa shape index (κ2) is 6.00. The van der Waals surface area contributed by atoms with Crippen LogP contribution >= 0.6 is 11.6 Å². The topological polar surface area (TPSA) is 70.9 Å². The Balaban J connectivity index is 1.62. The third kappa shape index (κ3) is 2.95. The van der Waals surface area contributed by atoms with E-state index in [2.05, 4.69) is 21.2 Å². The molecule has 2 aromatic carbocycles. The van der Waals surface area contributed by atoms with Gasteiger partial charge in [0.1, 0.15) is 5.52 Å². The molecule has 0 bridgehead atoms. The molecule has 0 amide bonds. The highest BCUT2D eigenvalue weighted by Gasteiger charge is 2.07. The molecule has 25 heavy (non-hydrogen) atoms. The molecule has 0 unspecified atom stereocenters. The molecule has 0 saturated heterocycles. The van der Waals surface area contributed by atoms with Crippen LogP contribution in [0.15, 0.2) is 51.7 Å². The van der Waals surface area contributed by atoms with Gasteiger partial charge in [-0.05, 0) is 42.3 Å². The summed E-state index contributed by atoms with van der Waals surface area (Å²) >= 11 is 6.02. The Morgan fingerprint density at radius 3 is 2.96 bits per heavy atom. The van der Waals surface area contributed by atoms with E-state index in [1.807, 2.05) is 24.3 Å². The van der Waals surface area contributed by atoms with Gasteiger partial charge in [-0.25, -0.2) is 4.98 Å². The predicted octanol–water partition coefficient (Wildman–Crippen LogP) is 3.92. The minimum Gasteiger partial charge on any atom is -0.430 e. The average molecular weight is 350 g/mol. The number of terminal acetylenes is 1. The van der Waals surface area contributed by atoms with Crippen LogP contribution in [0.25, 0.3) is 22.0 Å². The van der Waals surface area contributed by atoms with Gasteiger partial charge >= 0.3 is 0 Å². The number of anilines is 1. The molecule has 5 nitrogen and oxygen atoms in total. The van der Waals surface area contributed by atoms with Crippen molar-refractivity contribution in [2.24, 2.45) is 0 Å². The first-order chi connectivity index (χ1) is 12.1. The molecule has 0 aliphatic heterocycles. The van der Waals surface area contributed by atoms with E-state index in [1.54, 1.807) is 18.2 Å². The van der Waals surface area contributed by atoms with Crippen molar-refractivity contribution in [1.82, 2.24) is 9.97 Å². The van der Waals surface area contributed by atoms with Gasteiger partial charge in [-0.3, -0.25) is 4.79 Å². The van der Waals surface area contributed by atoms with Crippen LogP contribution in [0.5, 0.6) is 0 Å². The molecule has 0 aliphatic carbocycles. The summed E-state index contributed by atoms with van der Waals surface area (Å²) in [5.41, 5.74) is 3.31. The molecule has 6 heteroatoms. The van der Waals surface area contributed by atoms with Crippen LogP contribution < -0.4 is 10.9 Å². The number of hydrogen-bond acceptors (Lipinski definition) is 4. The smallest absolute Gasteiger partial charge is 0.274 e. The highest BCUT2D eigenvalue weighted by Crippen LogP contribution is 2.21. The lowest BCUT2D eigenvalue weighted by Crippen LogP contribution is -2.15. The Bertz CT molecular complexity index is 1200. The van der Waals surface area contributed by atoms with Crippen molar-refractivity contribution in [3.05, 3.63) is 69.3 Å². The fourth-order valence-electron chi connectivity index (χ4n) is 2.65. The molecule has 2 N–H and O–H groups in total. The van der Waals surface area contributed by atoms with Crippen LogP contribution in [0.3, 0.4) is 0 Å². The van der Waals surface area contributed by atoms with Gasteiger partial charge in [0.15, 0.2) is 5.58 Å². The Morgan fingerprint density at radius 2 is 2.12 bits per heavy atom. The second-order valence-electron chi connectivity index (χ2n) is 5.55. The van der Waals surface area contributed by atoms with E-state index in [9.17, 15) is 4.79 Å². The number of rotatable bonds is 3. The summed E-state index contributed by atoms with van der Waals surface area (Å²) in [6, 6.07) is 12.7. The number of pyridine rings is 1. The third-order valence-corrected chi connectivity index (χ3v) is 4.11. The van der Waals surface area contributed by atoms with Crippen molar-refractivity contribution >= 4 is 39.3 Å². The van der Waals surface area contributed by atoms with E-state index >= 15 is 0 Å². The van der Waals surface area contributed by atoms with Gasteiger partial charge in [0.2, 0.25) is 0 Å². The van der Waals surface area contributed by atoms with E-state index in [4.69, 9.17) is 22.4 Å². The highest BCUT2D eigenvalue weighted by molar-refractivity contribution is 6.31. The van der Waals surface area contributed by atoms with Gasteiger partial charge in [-0.1, -0.05) is 11.6 Å². The van der Waals surface area contributed by atoms with Crippen molar-refractivity contribution in [2.45, 2.75) is 6.54 Å². The summed E-state index contributed by atoms with van der Waals surface area (Å²) < 4.78 is 5.43. The molecular weight excluding hydrogens is 338 g/mol. The molecule has 0 atom stereocenters. The molecule has 0 spiro atoms. The summed E-state index contributed by atoms with van der Waals surface area (Å²) in [5, 5.41) is 4.71. The number of aromatic amines is 1. The summed E-state index contributed by atoms with van der Waals surface area (Å²) in [5.74, 6) is 2.61. The van der Waals surface area contributed by atoms with Gasteiger partial charge in [0.05, 0.1) is 0 Å². The van der Waals surface area contributed by atoms with Crippen molar-refractivity contribution in [2.75, 3.05) is 5.32 Å². The summed E-state index contributed by atoms with van der Waals surface area (Å²) in [6.07, 6.45) is 5.29. The number of oxazole rings is 1. The molecule has 122 valence electrons. The van der Waals surface area contributed by atoms with E-state index in [-0.39, 0.29) is 11.4 Å². The fourth-order valence-corrected chi connectivity index (χ4v) is 2.83. The van der Waals surface area contributed by atoms with Crippen LogP contribution in [0, 0.1) is 12.3 Å². The van der Waals surface area contributed by atoms with E-state index in [0.29, 0.717) is 28.2 Å².